The van der Waals surface area contributed by atoms with E-state index < -0.39 is 0 Å². The van der Waals surface area contributed by atoms with E-state index in [0.29, 0.717) is 6.04 Å². The number of nitrogens with one attached hydrogen (secondary N) is 1. The quantitative estimate of drug-likeness (QED) is 0.691. The Morgan fingerprint density at radius 2 is 1.92 bits per heavy atom. The predicted octanol–water partition coefficient (Wildman–Crippen LogP) is 1.38. The van der Waals surface area contributed by atoms with E-state index >= 15 is 0 Å². The molecule has 13 heavy (non-hydrogen) atoms. The van der Waals surface area contributed by atoms with Crippen LogP contribution in [0.3, 0.4) is 0 Å². The lowest BCUT2D eigenvalue weighted by Gasteiger charge is -2.22. The molecule has 1 rings (SSSR count). The Labute approximate surface area is 83.0 Å². The summed E-state index contributed by atoms with van der Waals surface area (Å²) in [5.41, 5.74) is 4.50. The third-order valence-electron chi connectivity index (χ3n) is 1.78. The van der Waals surface area contributed by atoms with Crippen molar-refractivity contribution in [1.82, 2.24) is 5.32 Å². The molecule has 0 aromatic heterocycles. The van der Waals surface area contributed by atoms with Crippen LogP contribution in [0.1, 0.15) is 33.1 Å². The van der Waals surface area contributed by atoms with Crippen LogP contribution in [0.4, 0.5) is 0 Å². The molecule has 0 aliphatic carbocycles. The summed E-state index contributed by atoms with van der Waals surface area (Å²) in [7, 11) is 3.26. The van der Waals surface area contributed by atoms with Crippen LogP contribution < -0.4 is 11.1 Å². The number of ether oxygens (including phenoxy) is 1. The average Bonchev–Trinajstić information content (AvgIpc) is 2.26. The average molecular weight is 190 g/mol. The highest BCUT2D eigenvalue weighted by atomic mass is 16.5. The van der Waals surface area contributed by atoms with Crippen LogP contribution in [0.15, 0.2) is 0 Å². The minimum Gasteiger partial charge on any atom is -0.383 e. The minimum atomic E-state index is 0.628. The molecule has 3 heteroatoms. The summed E-state index contributed by atoms with van der Waals surface area (Å²) >= 11 is 0. The molecule has 82 valence electrons. The summed E-state index contributed by atoms with van der Waals surface area (Å²) in [5.74, 6) is 0. The van der Waals surface area contributed by atoms with Gasteiger partial charge in [-0.25, -0.2) is 0 Å². The summed E-state index contributed by atoms with van der Waals surface area (Å²) in [6.07, 6.45) is 3.98. The molecular weight excluding hydrogens is 164 g/mol. The number of hydrogen-bond acceptors (Lipinski definition) is 3. The van der Waals surface area contributed by atoms with Crippen molar-refractivity contribution in [3.63, 3.8) is 0 Å². The van der Waals surface area contributed by atoms with E-state index in [9.17, 15) is 0 Å². The van der Waals surface area contributed by atoms with Gasteiger partial charge in [-0.1, -0.05) is 20.3 Å². The Hall–Kier alpha value is -0.120. The second kappa shape index (κ2) is 14.4. The molecule has 0 radical (unpaired) electrons. The van der Waals surface area contributed by atoms with Gasteiger partial charge in [-0.3, -0.25) is 0 Å². The summed E-state index contributed by atoms with van der Waals surface area (Å²) in [4.78, 5) is 0. The fourth-order valence-electron chi connectivity index (χ4n) is 1.27. The van der Waals surface area contributed by atoms with Gasteiger partial charge in [0, 0.05) is 13.2 Å². The number of methoxy groups -OCH3 is 1. The largest absolute Gasteiger partial charge is 0.383 e. The molecule has 1 unspecified atom stereocenters. The number of nitrogens with two attached hydrogens (primary N) is 1. The fourth-order valence-corrected chi connectivity index (χ4v) is 1.27. The lowest BCUT2D eigenvalue weighted by atomic mass is 10.1. The Kier molecular flexibility index (Phi) is 17.0. The van der Waals surface area contributed by atoms with Gasteiger partial charge < -0.3 is 15.8 Å². The highest BCUT2D eigenvalue weighted by Crippen LogP contribution is 2.06. The SMILES string of the molecule is CC.CN.COCC1CCCCN1. The molecule has 1 atom stereocenters. The Balaban J connectivity index is 0. The second-order valence-corrected chi connectivity index (χ2v) is 2.60. The van der Waals surface area contributed by atoms with Crippen LogP contribution in [0.5, 0.6) is 0 Å². The molecule has 1 saturated heterocycles. The molecule has 0 amide bonds. The first kappa shape index (κ1) is 15.4. The normalized spacial score (nSPS) is 20.5. The van der Waals surface area contributed by atoms with E-state index in [4.69, 9.17) is 4.74 Å². The first-order valence-electron chi connectivity index (χ1n) is 5.23. The smallest absolute Gasteiger partial charge is 0.0615 e. The summed E-state index contributed by atoms with van der Waals surface area (Å²) in [5, 5.41) is 3.40. The number of rotatable bonds is 2. The lowest BCUT2D eigenvalue weighted by Crippen LogP contribution is -2.37. The van der Waals surface area contributed by atoms with E-state index in [1.807, 2.05) is 13.8 Å². The van der Waals surface area contributed by atoms with Crippen molar-refractivity contribution in [3.05, 3.63) is 0 Å². The van der Waals surface area contributed by atoms with Gasteiger partial charge in [-0.2, -0.15) is 0 Å². The van der Waals surface area contributed by atoms with Gasteiger partial charge in [-0.15, -0.1) is 0 Å². The van der Waals surface area contributed by atoms with Crippen molar-refractivity contribution in [2.75, 3.05) is 27.3 Å². The summed E-state index contributed by atoms with van der Waals surface area (Å²) in [6.45, 7) is 6.05. The first-order chi connectivity index (χ1) is 6.43. The van der Waals surface area contributed by atoms with Gasteiger partial charge in [0.15, 0.2) is 0 Å². The lowest BCUT2D eigenvalue weighted by molar-refractivity contribution is 0.154. The van der Waals surface area contributed by atoms with Crippen molar-refractivity contribution in [1.29, 1.82) is 0 Å². The zero-order valence-corrected chi connectivity index (χ0v) is 9.60. The molecule has 0 saturated carbocycles. The van der Waals surface area contributed by atoms with Crippen LogP contribution in [0, 0.1) is 0 Å². The third-order valence-corrected chi connectivity index (χ3v) is 1.78. The molecule has 0 spiro atoms. The molecule has 1 fully saturated rings. The predicted molar refractivity (Wildman–Crippen MR) is 59.0 cm³/mol. The van der Waals surface area contributed by atoms with Crippen LogP contribution in [-0.4, -0.2) is 33.4 Å². The van der Waals surface area contributed by atoms with E-state index in [1.54, 1.807) is 7.11 Å². The maximum Gasteiger partial charge on any atom is 0.0615 e. The van der Waals surface area contributed by atoms with Gasteiger partial charge in [0.1, 0.15) is 0 Å². The summed E-state index contributed by atoms with van der Waals surface area (Å²) in [6, 6.07) is 0.628. The van der Waals surface area contributed by atoms with Crippen LogP contribution >= 0.6 is 0 Å². The molecule has 0 aromatic carbocycles. The molecule has 1 heterocycles. The van der Waals surface area contributed by atoms with Gasteiger partial charge >= 0.3 is 0 Å². The highest BCUT2D eigenvalue weighted by molar-refractivity contribution is 4.70. The van der Waals surface area contributed by atoms with Gasteiger partial charge in [0.05, 0.1) is 6.61 Å². The maximum atomic E-state index is 5.02. The van der Waals surface area contributed by atoms with E-state index in [2.05, 4.69) is 11.1 Å². The van der Waals surface area contributed by atoms with Gasteiger partial charge in [0.2, 0.25) is 0 Å². The zero-order valence-electron chi connectivity index (χ0n) is 9.60. The second-order valence-electron chi connectivity index (χ2n) is 2.60. The third kappa shape index (κ3) is 9.80. The molecule has 0 bridgehead atoms. The van der Waals surface area contributed by atoms with E-state index in [-0.39, 0.29) is 0 Å². The Morgan fingerprint density at radius 3 is 2.31 bits per heavy atom. The monoisotopic (exact) mass is 190 g/mol. The highest BCUT2D eigenvalue weighted by Gasteiger charge is 2.10. The van der Waals surface area contributed by atoms with Crippen molar-refractivity contribution in [2.24, 2.45) is 5.73 Å². The van der Waals surface area contributed by atoms with E-state index in [0.717, 1.165) is 6.61 Å². The molecule has 1 aliphatic rings. The number of piperidine rings is 1. The Bertz CT molecular complexity index is 70.6. The fraction of sp³-hybridized carbons (Fsp3) is 1.00. The maximum absolute atomic E-state index is 5.02. The standard InChI is InChI=1S/C7H15NO.C2H6.CH5N/c1-9-6-7-4-2-3-5-8-7;2*1-2/h7-8H,2-6H2,1H3;1-2H3;2H2,1H3. The van der Waals surface area contributed by atoms with Crippen molar-refractivity contribution in [3.8, 4) is 0 Å². The van der Waals surface area contributed by atoms with Crippen LogP contribution in [-0.2, 0) is 4.74 Å². The zero-order chi connectivity index (χ0) is 10.5. The van der Waals surface area contributed by atoms with Crippen LogP contribution in [0.2, 0.25) is 0 Å². The molecule has 3 nitrogen and oxygen atoms in total. The van der Waals surface area contributed by atoms with E-state index in [1.165, 1.54) is 32.9 Å². The summed E-state index contributed by atoms with van der Waals surface area (Å²) < 4.78 is 5.02. The molecule has 3 N–H and O–H groups in total. The number of hydrogen-bond donors (Lipinski definition) is 2. The van der Waals surface area contributed by atoms with Gasteiger partial charge in [-0.05, 0) is 26.4 Å². The van der Waals surface area contributed by atoms with Crippen molar-refractivity contribution in [2.45, 2.75) is 39.2 Å². The van der Waals surface area contributed by atoms with Gasteiger partial charge in [0.25, 0.3) is 0 Å². The molecular formula is C10H26N2O. The van der Waals surface area contributed by atoms with Crippen LogP contribution in [0.25, 0.3) is 0 Å². The first-order valence-corrected chi connectivity index (χ1v) is 5.23. The molecule has 1 aliphatic heterocycles. The Morgan fingerprint density at radius 1 is 1.31 bits per heavy atom. The van der Waals surface area contributed by atoms with Crippen molar-refractivity contribution < 1.29 is 4.74 Å². The minimum absolute atomic E-state index is 0.628. The topological polar surface area (TPSA) is 47.3 Å². The molecule has 0 aromatic rings. The van der Waals surface area contributed by atoms with Crippen molar-refractivity contribution >= 4 is 0 Å².